The minimum Gasteiger partial charge on any atom is -0.263 e. The first kappa shape index (κ1) is 11.1. The van der Waals surface area contributed by atoms with Crippen LogP contribution in [0.3, 0.4) is 0 Å². The molecule has 0 aromatic heterocycles. The molecule has 0 amide bonds. The first-order chi connectivity index (χ1) is 6.16. The molecule has 1 rings (SSSR count). The fraction of sp³-hybridized carbons (Fsp3) is 0.222. The average Bonchev–Trinajstić information content (AvgIpc) is 2.06. The van der Waals surface area contributed by atoms with Crippen molar-refractivity contribution in [1.82, 2.24) is 0 Å². The topological polar surface area (TPSA) is 66.9 Å². The molecule has 0 saturated heterocycles. The number of hydrogen-bond acceptors (Lipinski definition) is 3. The van der Waals surface area contributed by atoms with Crippen molar-refractivity contribution in [3.05, 3.63) is 46.0 Å². The average molecular weight is 178 g/mol. The Kier molecular flexibility index (Phi) is 5.81. The molecular formula is C9H10N2O2. The molecule has 0 spiro atoms. The molecule has 0 aliphatic rings. The van der Waals surface area contributed by atoms with Gasteiger partial charge in [-0.1, -0.05) is 35.9 Å². The normalized spacial score (nSPS) is 7.69. The van der Waals surface area contributed by atoms with Crippen molar-refractivity contribution in [1.29, 1.82) is 5.26 Å². The maximum Gasteiger partial charge on any atom is 0.287 e. The summed E-state index contributed by atoms with van der Waals surface area (Å²) in [4.78, 5) is 8.50. The van der Waals surface area contributed by atoms with Gasteiger partial charge in [0.25, 0.3) is 6.54 Å². The lowest BCUT2D eigenvalue weighted by atomic mass is 10.2. The van der Waals surface area contributed by atoms with Crippen LogP contribution in [-0.2, 0) is 0 Å². The molecule has 0 radical (unpaired) electrons. The van der Waals surface area contributed by atoms with Crippen molar-refractivity contribution in [2.24, 2.45) is 0 Å². The number of rotatable bonds is 1. The molecule has 0 N–H and O–H groups in total. The second-order valence-corrected chi connectivity index (χ2v) is 2.30. The molecule has 1 aromatic carbocycles. The van der Waals surface area contributed by atoms with Crippen molar-refractivity contribution >= 4 is 0 Å². The zero-order chi connectivity index (χ0) is 10.1. The van der Waals surface area contributed by atoms with Gasteiger partial charge in [-0.2, -0.15) is 5.26 Å². The van der Waals surface area contributed by atoms with E-state index in [2.05, 4.69) is 19.1 Å². The number of aryl methyl sites for hydroxylation is 1. The van der Waals surface area contributed by atoms with E-state index in [0.717, 1.165) is 0 Å². The van der Waals surface area contributed by atoms with E-state index in [9.17, 15) is 10.1 Å². The number of benzene rings is 1. The van der Waals surface area contributed by atoms with Gasteiger partial charge in [0.15, 0.2) is 0 Å². The van der Waals surface area contributed by atoms with Gasteiger partial charge in [-0.05, 0) is 6.92 Å². The zero-order valence-corrected chi connectivity index (χ0v) is 7.30. The third-order valence-corrected chi connectivity index (χ3v) is 1.14. The van der Waals surface area contributed by atoms with E-state index in [-0.39, 0.29) is 0 Å². The van der Waals surface area contributed by atoms with Crippen molar-refractivity contribution < 1.29 is 4.92 Å². The summed E-state index contributed by atoms with van der Waals surface area (Å²) in [5.74, 6) is 0. The van der Waals surface area contributed by atoms with Crippen molar-refractivity contribution in [3.63, 3.8) is 0 Å². The number of nitriles is 1. The van der Waals surface area contributed by atoms with E-state index in [1.54, 1.807) is 0 Å². The molecule has 13 heavy (non-hydrogen) atoms. The Morgan fingerprint density at radius 2 is 2.00 bits per heavy atom. The minimum atomic E-state index is -0.681. The Morgan fingerprint density at radius 3 is 2.15 bits per heavy atom. The van der Waals surface area contributed by atoms with Gasteiger partial charge in [0, 0.05) is 4.92 Å². The minimum absolute atomic E-state index is 0.597. The SMILES string of the molecule is Cc1ccccc1.N#CC[N+](=O)[O-]. The highest BCUT2D eigenvalue weighted by Gasteiger charge is 1.85. The predicted octanol–water partition coefficient (Wildman–Crippen LogP) is 1.78. The Labute approximate surface area is 76.6 Å². The lowest BCUT2D eigenvalue weighted by molar-refractivity contribution is -0.466. The van der Waals surface area contributed by atoms with Gasteiger partial charge in [0.2, 0.25) is 0 Å². The molecule has 4 heteroatoms. The molecule has 68 valence electrons. The Bertz CT molecular complexity index is 290. The molecule has 4 nitrogen and oxygen atoms in total. The summed E-state index contributed by atoms with van der Waals surface area (Å²) < 4.78 is 0. The summed E-state index contributed by atoms with van der Waals surface area (Å²) in [5.41, 5.74) is 1.32. The molecule has 0 heterocycles. The number of nitrogens with zero attached hydrogens (tertiary/aromatic N) is 2. The molecule has 0 bridgehead atoms. The molecule has 0 fully saturated rings. The van der Waals surface area contributed by atoms with Crippen LogP contribution in [-0.4, -0.2) is 11.5 Å². The highest BCUT2D eigenvalue weighted by molar-refractivity contribution is 5.11. The summed E-state index contributed by atoms with van der Waals surface area (Å²) in [6.07, 6.45) is 0. The fourth-order valence-electron chi connectivity index (χ4n) is 0.592. The molecule has 0 aliphatic carbocycles. The van der Waals surface area contributed by atoms with Crippen LogP contribution in [0.5, 0.6) is 0 Å². The Morgan fingerprint density at radius 1 is 1.46 bits per heavy atom. The molecule has 0 saturated carbocycles. The zero-order valence-electron chi connectivity index (χ0n) is 7.30. The molecule has 1 aromatic rings. The molecule has 0 unspecified atom stereocenters. The number of hydrogen-bond donors (Lipinski definition) is 0. The second-order valence-electron chi connectivity index (χ2n) is 2.30. The van der Waals surface area contributed by atoms with Gasteiger partial charge in [-0.25, -0.2) is 0 Å². The monoisotopic (exact) mass is 178 g/mol. The first-order valence-electron chi connectivity index (χ1n) is 3.67. The van der Waals surface area contributed by atoms with Gasteiger partial charge in [0.05, 0.1) is 0 Å². The van der Waals surface area contributed by atoms with Crippen molar-refractivity contribution in [2.45, 2.75) is 6.92 Å². The summed E-state index contributed by atoms with van der Waals surface area (Å²) in [6, 6.07) is 11.6. The molecule has 0 atom stereocenters. The lowest BCUT2D eigenvalue weighted by Crippen LogP contribution is -1.94. The Hall–Kier alpha value is -1.89. The van der Waals surface area contributed by atoms with Crippen molar-refractivity contribution in [2.75, 3.05) is 6.54 Å². The van der Waals surface area contributed by atoms with Crippen LogP contribution in [0.2, 0.25) is 0 Å². The van der Waals surface area contributed by atoms with E-state index in [4.69, 9.17) is 5.26 Å². The standard InChI is InChI=1S/C7H8.C2H2N2O2/c1-7-5-3-2-4-6-7;3-1-2-4(5)6/h2-6H,1H3;2H2. The number of nitro groups is 1. The van der Waals surface area contributed by atoms with Gasteiger partial charge in [0.1, 0.15) is 6.07 Å². The highest BCUT2D eigenvalue weighted by atomic mass is 16.6. The maximum atomic E-state index is 9.18. The van der Waals surface area contributed by atoms with Crippen LogP contribution in [0.15, 0.2) is 30.3 Å². The van der Waals surface area contributed by atoms with E-state index < -0.39 is 11.5 Å². The second kappa shape index (κ2) is 6.80. The van der Waals surface area contributed by atoms with Crippen LogP contribution in [0.1, 0.15) is 5.56 Å². The summed E-state index contributed by atoms with van der Waals surface area (Å²) >= 11 is 0. The summed E-state index contributed by atoms with van der Waals surface area (Å²) in [7, 11) is 0. The van der Waals surface area contributed by atoms with Crippen LogP contribution >= 0.6 is 0 Å². The first-order valence-corrected chi connectivity index (χ1v) is 3.67. The van der Waals surface area contributed by atoms with Crippen LogP contribution in [0, 0.1) is 28.4 Å². The Balaban J connectivity index is 0.000000226. The third-order valence-electron chi connectivity index (χ3n) is 1.14. The van der Waals surface area contributed by atoms with E-state index in [1.807, 2.05) is 18.2 Å². The van der Waals surface area contributed by atoms with Gasteiger partial charge in [-0.3, -0.25) is 10.1 Å². The van der Waals surface area contributed by atoms with E-state index in [0.29, 0.717) is 0 Å². The van der Waals surface area contributed by atoms with Crippen molar-refractivity contribution in [3.8, 4) is 6.07 Å². The van der Waals surface area contributed by atoms with Gasteiger partial charge in [-0.15, -0.1) is 0 Å². The van der Waals surface area contributed by atoms with E-state index in [1.165, 1.54) is 11.6 Å². The predicted molar refractivity (Wildman–Crippen MR) is 48.7 cm³/mol. The molecule has 0 aliphatic heterocycles. The van der Waals surface area contributed by atoms with Gasteiger partial charge < -0.3 is 0 Å². The smallest absolute Gasteiger partial charge is 0.263 e. The van der Waals surface area contributed by atoms with Crippen LogP contribution in [0.4, 0.5) is 0 Å². The fourth-order valence-corrected chi connectivity index (χ4v) is 0.592. The summed E-state index contributed by atoms with van der Waals surface area (Å²) in [6.45, 7) is 1.49. The van der Waals surface area contributed by atoms with Gasteiger partial charge >= 0.3 is 0 Å². The summed E-state index contributed by atoms with van der Waals surface area (Å²) in [5, 5.41) is 16.7. The maximum absolute atomic E-state index is 9.18. The largest absolute Gasteiger partial charge is 0.287 e. The van der Waals surface area contributed by atoms with Crippen LogP contribution in [0.25, 0.3) is 0 Å². The highest BCUT2D eigenvalue weighted by Crippen LogP contribution is 1.92. The third kappa shape index (κ3) is 8.01. The lowest BCUT2D eigenvalue weighted by Gasteiger charge is -1.82. The molecular weight excluding hydrogens is 168 g/mol. The van der Waals surface area contributed by atoms with Crippen LogP contribution < -0.4 is 0 Å². The van der Waals surface area contributed by atoms with E-state index >= 15 is 0 Å². The quantitative estimate of drug-likeness (QED) is 0.374.